The van der Waals surface area contributed by atoms with Gasteiger partial charge in [-0.15, -0.1) is 0 Å². The van der Waals surface area contributed by atoms with E-state index in [0.29, 0.717) is 15.7 Å². The Bertz CT molecular complexity index is 2750. The molecule has 0 saturated carbocycles. The Kier molecular flexibility index (Phi) is 12.8. The van der Waals surface area contributed by atoms with Gasteiger partial charge in [0.1, 0.15) is 18.7 Å². The van der Waals surface area contributed by atoms with Crippen LogP contribution in [-0.2, 0) is 23.8 Å². The van der Waals surface area contributed by atoms with Crippen molar-refractivity contribution in [2.75, 3.05) is 19.8 Å². The van der Waals surface area contributed by atoms with Crippen LogP contribution in [0.4, 0.5) is 4.79 Å². The first-order valence-electron chi connectivity index (χ1n) is 21.6. The Morgan fingerprint density at radius 1 is 0.738 bits per heavy atom. The third kappa shape index (κ3) is 9.46. The number of nitrogens with one attached hydrogen (secondary N) is 1. The van der Waals surface area contributed by atoms with Crippen LogP contribution in [0.3, 0.4) is 0 Å². The van der Waals surface area contributed by atoms with Crippen LogP contribution in [0.25, 0.3) is 11.1 Å². The molecule has 2 heterocycles. The molecule has 332 valence electrons. The predicted octanol–water partition coefficient (Wildman–Crippen LogP) is 7.20. The summed E-state index contributed by atoms with van der Waals surface area (Å²) in [6, 6.07) is 38.6. The van der Waals surface area contributed by atoms with E-state index in [9.17, 15) is 24.0 Å². The topological polar surface area (TPSA) is 155 Å². The highest BCUT2D eigenvalue weighted by atomic mass is 16.6. The molecule has 3 atom stereocenters. The SMILES string of the molecule is Cc1cn([C@@H]2C[C@H](C(=O)OC(c3ccccc3)c3ccccc3)N(C(=O)[C@@H](COC(C)(C)C)NC(=O)OCC3c4ccccc4-c4ccccc43)C2)c(=O)n(C(=O)c2ccccc2)c1=O. The van der Waals surface area contributed by atoms with Crippen molar-refractivity contribution in [2.24, 2.45) is 0 Å². The summed E-state index contributed by atoms with van der Waals surface area (Å²) >= 11 is 0. The lowest BCUT2D eigenvalue weighted by atomic mass is 9.98. The van der Waals surface area contributed by atoms with Crippen molar-refractivity contribution < 1.29 is 33.4 Å². The molecule has 13 nitrogen and oxygen atoms in total. The minimum Gasteiger partial charge on any atom is -0.451 e. The summed E-state index contributed by atoms with van der Waals surface area (Å²) < 4.78 is 20.1. The van der Waals surface area contributed by atoms with Crippen molar-refractivity contribution in [2.45, 2.75) is 69.9 Å². The van der Waals surface area contributed by atoms with Crippen LogP contribution in [0.5, 0.6) is 0 Å². The summed E-state index contributed by atoms with van der Waals surface area (Å²) in [6.45, 7) is 6.38. The van der Waals surface area contributed by atoms with Gasteiger partial charge in [0.05, 0.1) is 18.2 Å². The number of carbonyl (C=O) groups excluding carboxylic acids is 4. The number of hydrogen-bond donors (Lipinski definition) is 1. The molecule has 1 fully saturated rings. The molecule has 0 spiro atoms. The highest BCUT2D eigenvalue weighted by Gasteiger charge is 2.45. The number of benzene rings is 5. The van der Waals surface area contributed by atoms with Crippen LogP contribution in [-0.4, -0.2) is 75.4 Å². The number of alkyl carbamates (subject to hydrolysis) is 1. The average molecular weight is 875 g/mol. The average Bonchev–Trinajstić information content (AvgIpc) is 3.90. The molecule has 6 aromatic rings. The minimum absolute atomic E-state index is 0.0122. The molecule has 5 aromatic carbocycles. The first kappa shape index (κ1) is 44.2. The van der Waals surface area contributed by atoms with E-state index in [1.807, 2.05) is 130 Å². The van der Waals surface area contributed by atoms with Crippen molar-refractivity contribution in [3.05, 3.63) is 200 Å². The zero-order valence-corrected chi connectivity index (χ0v) is 36.6. The first-order valence-corrected chi connectivity index (χ1v) is 21.6. The summed E-state index contributed by atoms with van der Waals surface area (Å²) in [5, 5.41) is 2.73. The number of hydrogen-bond acceptors (Lipinski definition) is 9. The number of ether oxygens (including phenoxy) is 3. The van der Waals surface area contributed by atoms with Gasteiger partial charge in [-0.3, -0.25) is 19.0 Å². The molecular weight excluding hydrogens is 825 g/mol. The van der Waals surface area contributed by atoms with Gasteiger partial charge in [-0.05, 0) is 73.2 Å². The molecule has 1 aromatic heterocycles. The zero-order valence-electron chi connectivity index (χ0n) is 36.6. The van der Waals surface area contributed by atoms with Crippen LogP contribution < -0.4 is 16.6 Å². The second-order valence-electron chi connectivity index (χ2n) is 17.3. The normalized spacial score (nSPS) is 16.1. The van der Waals surface area contributed by atoms with Gasteiger partial charge in [0.2, 0.25) is 5.91 Å². The maximum atomic E-state index is 15.0. The smallest absolute Gasteiger partial charge is 0.407 e. The van der Waals surface area contributed by atoms with Gasteiger partial charge >= 0.3 is 17.8 Å². The summed E-state index contributed by atoms with van der Waals surface area (Å²) in [6.07, 6.45) is -0.526. The molecule has 0 radical (unpaired) electrons. The van der Waals surface area contributed by atoms with Crippen LogP contribution in [0.15, 0.2) is 155 Å². The Labute approximate surface area is 376 Å². The second-order valence-corrected chi connectivity index (χ2v) is 17.3. The Morgan fingerprint density at radius 2 is 1.28 bits per heavy atom. The number of esters is 1. The number of carbonyl (C=O) groups is 4. The lowest BCUT2D eigenvalue weighted by molar-refractivity contribution is -0.158. The van der Waals surface area contributed by atoms with Crippen molar-refractivity contribution in [3.8, 4) is 11.1 Å². The quantitative estimate of drug-likeness (QED) is 0.126. The van der Waals surface area contributed by atoms with E-state index >= 15 is 4.79 Å². The van der Waals surface area contributed by atoms with Crippen molar-refractivity contribution >= 4 is 23.9 Å². The van der Waals surface area contributed by atoms with Gasteiger partial charge in [0, 0.05) is 36.2 Å². The largest absolute Gasteiger partial charge is 0.451 e. The number of amides is 2. The molecule has 1 aliphatic heterocycles. The molecule has 2 aliphatic rings. The van der Waals surface area contributed by atoms with Gasteiger partial charge in [-0.2, -0.15) is 4.57 Å². The minimum atomic E-state index is -1.36. The standard InChI is InChI=1S/C52H50N4O9/c1-33-29-54(51(62)56(46(33)57)47(58)36-22-12-7-13-23-36)37-28-44(49(60)65-45(34-18-8-5-9-19-34)35-20-10-6-11-21-35)55(30-37)48(59)43(32-64-52(2,3)4)53-50(61)63-31-42-40-26-16-14-24-38(40)39-25-15-17-27-41(39)42/h5-27,29,37,42-45H,28,30-32H2,1-4H3,(H,53,61)/t37-,43-,44-/m1/s1. The van der Waals surface area contributed by atoms with E-state index < -0.39 is 65.0 Å². The fraction of sp³-hybridized carbons (Fsp3) is 0.269. The Hall–Kier alpha value is -7.38. The van der Waals surface area contributed by atoms with E-state index in [4.69, 9.17) is 14.2 Å². The van der Waals surface area contributed by atoms with Gasteiger partial charge in [-0.25, -0.2) is 14.4 Å². The summed E-state index contributed by atoms with van der Waals surface area (Å²) in [5.41, 5.74) is 3.28. The van der Waals surface area contributed by atoms with E-state index in [2.05, 4.69) is 5.32 Å². The summed E-state index contributed by atoms with van der Waals surface area (Å²) in [5.74, 6) is -2.52. The number of fused-ring (bicyclic) bond motifs is 3. The lowest BCUT2D eigenvalue weighted by Gasteiger charge is -2.31. The molecule has 2 amide bonds. The molecule has 8 rings (SSSR count). The molecule has 13 heteroatoms. The molecule has 1 saturated heterocycles. The molecule has 0 bridgehead atoms. The number of likely N-dealkylation sites (tertiary alicyclic amines) is 1. The second kappa shape index (κ2) is 18.8. The Morgan fingerprint density at radius 3 is 1.85 bits per heavy atom. The molecule has 1 aliphatic carbocycles. The van der Waals surface area contributed by atoms with Crippen molar-refractivity contribution in [1.29, 1.82) is 0 Å². The lowest BCUT2D eigenvalue weighted by Crippen LogP contribution is -2.54. The van der Waals surface area contributed by atoms with Gasteiger partial charge < -0.3 is 24.4 Å². The highest BCUT2D eigenvalue weighted by Crippen LogP contribution is 2.44. The molecular formula is C52H50N4O9. The van der Waals surface area contributed by atoms with Crippen LogP contribution in [0.2, 0.25) is 0 Å². The Balaban J connectivity index is 1.12. The van der Waals surface area contributed by atoms with Gasteiger partial charge in [-0.1, -0.05) is 127 Å². The summed E-state index contributed by atoms with van der Waals surface area (Å²) in [4.78, 5) is 86.2. The number of rotatable bonds is 12. The monoisotopic (exact) mass is 874 g/mol. The van der Waals surface area contributed by atoms with Crippen LogP contribution >= 0.6 is 0 Å². The first-order chi connectivity index (χ1) is 31.3. The number of nitrogens with zero attached hydrogens (tertiary/aromatic N) is 3. The van der Waals surface area contributed by atoms with E-state index in [0.717, 1.165) is 22.3 Å². The van der Waals surface area contributed by atoms with E-state index in [-0.39, 0.29) is 43.2 Å². The number of aryl methyl sites for hydroxylation is 1. The van der Waals surface area contributed by atoms with Crippen LogP contribution in [0, 0.1) is 6.92 Å². The van der Waals surface area contributed by atoms with E-state index in [1.54, 1.807) is 18.2 Å². The van der Waals surface area contributed by atoms with Gasteiger partial charge in [0.25, 0.3) is 11.5 Å². The van der Waals surface area contributed by atoms with Crippen molar-refractivity contribution in [3.63, 3.8) is 0 Å². The predicted molar refractivity (Wildman–Crippen MR) is 244 cm³/mol. The maximum absolute atomic E-state index is 15.0. The van der Waals surface area contributed by atoms with Crippen LogP contribution in [0.1, 0.15) is 83.4 Å². The molecule has 65 heavy (non-hydrogen) atoms. The summed E-state index contributed by atoms with van der Waals surface area (Å²) in [7, 11) is 0. The zero-order chi connectivity index (χ0) is 45.8. The molecule has 0 unspecified atom stereocenters. The molecule has 1 N–H and O–H groups in total. The highest BCUT2D eigenvalue weighted by molar-refractivity contribution is 5.95. The third-order valence-corrected chi connectivity index (χ3v) is 11.8. The van der Waals surface area contributed by atoms with E-state index in [1.165, 1.54) is 34.7 Å². The van der Waals surface area contributed by atoms with Gasteiger partial charge in [0.15, 0.2) is 6.10 Å². The maximum Gasteiger partial charge on any atom is 0.407 e. The number of aromatic nitrogens is 2. The van der Waals surface area contributed by atoms with Crippen molar-refractivity contribution in [1.82, 2.24) is 19.4 Å². The third-order valence-electron chi connectivity index (χ3n) is 11.8. The fourth-order valence-electron chi connectivity index (χ4n) is 8.60. The fourth-order valence-corrected chi connectivity index (χ4v) is 8.60.